The van der Waals surface area contributed by atoms with E-state index in [0.29, 0.717) is 43.8 Å². The van der Waals surface area contributed by atoms with Gasteiger partial charge in [0, 0.05) is 32.1 Å². The molecule has 0 radical (unpaired) electrons. The van der Waals surface area contributed by atoms with Crippen LogP contribution in [0.4, 0.5) is 0 Å². The average Bonchev–Trinajstić information content (AvgIpc) is 3.06. The van der Waals surface area contributed by atoms with E-state index in [1.165, 1.54) is 6.42 Å². The summed E-state index contributed by atoms with van der Waals surface area (Å²) in [6, 6.07) is 0. The fraction of sp³-hybridized carbons (Fsp3) is 0.800. The van der Waals surface area contributed by atoms with Crippen LogP contribution < -0.4 is 0 Å². The number of aromatic nitrogens is 2. The van der Waals surface area contributed by atoms with Crippen molar-refractivity contribution < 1.29 is 14.1 Å². The van der Waals surface area contributed by atoms with Gasteiger partial charge in [0.15, 0.2) is 5.82 Å². The Morgan fingerprint density at radius 1 is 1.38 bits per heavy atom. The minimum absolute atomic E-state index is 0.156. The maximum atomic E-state index is 12.3. The van der Waals surface area contributed by atoms with E-state index in [9.17, 15) is 4.79 Å². The van der Waals surface area contributed by atoms with Crippen molar-refractivity contribution in [2.24, 2.45) is 5.92 Å². The fourth-order valence-corrected chi connectivity index (χ4v) is 2.82. The lowest BCUT2D eigenvalue weighted by atomic mass is 9.85. The van der Waals surface area contributed by atoms with Gasteiger partial charge in [-0.15, -0.1) is 0 Å². The van der Waals surface area contributed by atoms with E-state index >= 15 is 0 Å². The molecule has 1 atom stereocenters. The van der Waals surface area contributed by atoms with Crippen LogP contribution in [0.15, 0.2) is 4.52 Å². The molecule has 1 amide bonds. The van der Waals surface area contributed by atoms with E-state index in [0.717, 1.165) is 31.8 Å². The molecule has 6 nitrogen and oxygen atoms in total. The summed E-state index contributed by atoms with van der Waals surface area (Å²) in [4.78, 5) is 18.6. The molecule has 1 aliphatic heterocycles. The van der Waals surface area contributed by atoms with Crippen LogP contribution in [-0.2, 0) is 16.1 Å². The normalized spacial score (nSPS) is 22.2. The predicted molar refractivity (Wildman–Crippen MR) is 75.5 cm³/mol. The van der Waals surface area contributed by atoms with Gasteiger partial charge in [0.05, 0.1) is 6.54 Å². The van der Waals surface area contributed by atoms with E-state index in [1.807, 2.05) is 6.92 Å². The van der Waals surface area contributed by atoms with Gasteiger partial charge in [-0.25, -0.2) is 0 Å². The Morgan fingerprint density at radius 3 is 2.86 bits per heavy atom. The zero-order valence-corrected chi connectivity index (χ0v) is 12.6. The van der Waals surface area contributed by atoms with Crippen LogP contribution in [-0.4, -0.2) is 40.7 Å². The van der Waals surface area contributed by atoms with Crippen LogP contribution in [0.2, 0.25) is 0 Å². The fourth-order valence-electron chi connectivity index (χ4n) is 2.82. The lowest BCUT2D eigenvalue weighted by Crippen LogP contribution is -2.32. The second kappa shape index (κ2) is 6.56. The molecular weight excluding hydrogens is 270 g/mol. The number of carbonyl (C=O) groups excluding carboxylic acids is 1. The van der Waals surface area contributed by atoms with Crippen molar-refractivity contribution in [1.82, 2.24) is 15.0 Å². The summed E-state index contributed by atoms with van der Waals surface area (Å²) in [7, 11) is 0. The molecule has 116 valence electrons. The smallest absolute Gasteiger partial charge is 0.229 e. The summed E-state index contributed by atoms with van der Waals surface area (Å²) in [6.07, 6.45) is 5.06. The molecular formula is C15H23N3O3. The number of hydrogen-bond donors (Lipinski definition) is 0. The van der Waals surface area contributed by atoms with E-state index in [4.69, 9.17) is 9.26 Å². The molecule has 21 heavy (non-hydrogen) atoms. The number of carbonyl (C=O) groups is 1. The lowest BCUT2D eigenvalue weighted by Gasteiger charge is -2.21. The van der Waals surface area contributed by atoms with Gasteiger partial charge in [0.2, 0.25) is 11.8 Å². The summed E-state index contributed by atoms with van der Waals surface area (Å²) < 4.78 is 10.6. The minimum Gasteiger partial charge on any atom is -0.381 e. The lowest BCUT2D eigenvalue weighted by molar-refractivity contribution is -0.132. The topological polar surface area (TPSA) is 68.5 Å². The summed E-state index contributed by atoms with van der Waals surface area (Å²) in [5.74, 6) is 2.32. The minimum atomic E-state index is 0.156. The van der Waals surface area contributed by atoms with Crippen molar-refractivity contribution in [2.45, 2.75) is 51.5 Å². The number of hydrogen-bond acceptors (Lipinski definition) is 5. The molecule has 0 unspecified atom stereocenters. The van der Waals surface area contributed by atoms with E-state index in [2.05, 4.69) is 10.1 Å². The van der Waals surface area contributed by atoms with Gasteiger partial charge >= 0.3 is 0 Å². The van der Waals surface area contributed by atoms with Gasteiger partial charge in [-0.3, -0.25) is 4.79 Å². The molecule has 2 fully saturated rings. The Balaban J connectivity index is 1.55. The van der Waals surface area contributed by atoms with Gasteiger partial charge in [0.1, 0.15) is 0 Å². The first-order valence-corrected chi connectivity index (χ1v) is 7.94. The molecule has 1 saturated carbocycles. The van der Waals surface area contributed by atoms with E-state index < -0.39 is 0 Å². The van der Waals surface area contributed by atoms with Crippen molar-refractivity contribution in [1.29, 1.82) is 0 Å². The molecule has 6 heteroatoms. The van der Waals surface area contributed by atoms with E-state index in [1.54, 1.807) is 4.90 Å². The Bertz CT molecular complexity index is 478. The van der Waals surface area contributed by atoms with Crippen molar-refractivity contribution >= 4 is 5.91 Å². The molecule has 0 N–H and O–H groups in total. The Labute approximate surface area is 124 Å². The van der Waals surface area contributed by atoms with Gasteiger partial charge in [-0.2, -0.15) is 4.98 Å². The summed E-state index contributed by atoms with van der Waals surface area (Å²) in [5, 5.41) is 4.02. The maximum absolute atomic E-state index is 12.3. The third-order valence-electron chi connectivity index (χ3n) is 4.49. The molecule has 0 aromatic carbocycles. The first-order chi connectivity index (χ1) is 10.3. The zero-order chi connectivity index (χ0) is 14.7. The average molecular weight is 293 g/mol. The van der Waals surface area contributed by atoms with Crippen LogP contribution in [0.3, 0.4) is 0 Å². The van der Waals surface area contributed by atoms with E-state index in [-0.39, 0.29) is 5.91 Å². The van der Waals surface area contributed by atoms with Gasteiger partial charge in [-0.05, 0) is 32.1 Å². The largest absolute Gasteiger partial charge is 0.381 e. The summed E-state index contributed by atoms with van der Waals surface area (Å²) in [6.45, 7) is 4.58. The second-order valence-corrected chi connectivity index (χ2v) is 6.02. The van der Waals surface area contributed by atoms with Crippen molar-refractivity contribution in [3.63, 3.8) is 0 Å². The highest BCUT2D eigenvalue weighted by Gasteiger charge is 2.27. The second-order valence-electron chi connectivity index (χ2n) is 6.02. The highest BCUT2D eigenvalue weighted by molar-refractivity contribution is 5.76. The van der Waals surface area contributed by atoms with Gasteiger partial charge in [0.25, 0.3) is 0 Å². The van der Waals surface area contributed by atoms with Crippen molar-refractivity contribution in [2.75, 3.05) is 19.8 Å². The molecule has 0 spiro atoms. The molecule has 1 saturated heterocycles. The number of rotatable bonds is 6. The van der Waals surface area contributed by atoms with Gasteiger partial charge < -0.3 is 14.2 Å². The predicted octanol–water partition coefficient (Wildman–Crippen LogP) is 2.11. The molecule has 2 heterocycles. The molecule has 1 aromatic heterocycles. The monoisotopic (exact) mass is 293 g/mol. The number of amides is 1. The number of nitrogens with zero attached hydrogens (tertiary/aromatic N) is 3. The first kappa shape index (κ1) is 14.5. The van der Waals surface area contributed by atoms with Crippen LogP contribution >= 0.6 is 0 Å². The zero-order valence-electron chi connectivity index (χ0n) is 12.6. The quantitative estimate of drug-likeness (QED) is 0.803. The number of ether oxygens (including phenoxy) is 1. The molecule has 3 rings (SSSR count). The summed E-state index contributed by atoms with van der Waals surface area (Å²) in [5.41, 5.74) is 0. The van der Waals surface area contributed by atoms with Crippen molar-refractivity contribution in [3.05, 3.63) is 11.7 Å². The molecule has 2 aliphatic rings. The van der Waals surface area contributed by atoms with Crippen molar-refractivity contribution in [3.8, 4) is 0 Å². The summed E-state index contributed by atoms with van der Waals surface area (Å²) >= 11 is 0. The van der Waals surface area contributed by atoms with Crippen LogP contribution in [0, 0.1) is 5.92 Å². The molecule has 1 aliphatic carbocycles. The highest BCUT2D eigenvalue weighted by Crippen LogP contribution is 2.35. The Hall–Kier alpha value is -1.43. The molecule has 0 bridgehead atoms. The maximum Gasteiger partial charge on any atom is 0.229 e. The van der Waals surface area contributed by atoms with Crippen LogP contribution in [0.5, 0.6) is 0 Å². The van der Waals surface area contributed by atoms with Gasteiger partial charge in [-0.1, -0.05) is 11.6 Å². The molecule has 1 aromatic rings. The first-order valence-electron chi connectivity index (χ1n) is 7.94. The van der Waals surface area contributed by atoms with Crippen LogP contribution in [0.25, 0.3) is 0 Å². The third kappa shape index (κ3) is 3.43. The Morgan fingerprint density at radius 2 is 2.24 bits per heavy atom. The highest BCUT2D eigenvalue weighted by atomic mass is 16.5. The third-order valence-corrected chi connectivity index (χ3v) is 4.49. The standard InChI is InChI=1S/C15H23N3O3/c1-2-18(14(19)8-11-6-7-20-10-11)9-13-16-15(21-17-13)12-4-3-5-12/h11-12H,2-10H2,1H3/t11-/m0/s1. The van der Waals surface area contributed by atoms with Crippen LogP contribution in [0.1, 0.15) is 56.7 Å². The Kier molecular flexibility index (Phi) is 4.53. The SMILES string of the molecule is CCN(Cc1noc(C2CCC2)n1)C(=O)C[C@@H]1CCOC1.